The molecule has 0 spiro atoms. The molecule has 0 aliphatic rings. The number of fused-ring (bicyclic) bond motifs is 1. The van der Waals surface area contributed by atoms with Gasteiger partial charge in [-0.2, -0.15) is 0 Å². The van der Waals surface area contributed by atoms with Gasteiger partial charge in [-0.15, -0.1) is 0 Å². The molecule has 0 radical (unpaired) electrons. The van der Waals surface area contributed by atoms with Crippen molar-refractivity contribution in [3.8, 4) is 22.4 Å². The van der Waals surface area contributed by atoms with Crippen molar-refractivity contribution in [2.24, 2.45) is 0 Å². The van der Waals surface area contributed by atoms with Crippen LogP contribution >= 0.6 is 10.0 Å². The van der Waals surface area contributed by atoms with E-state index in [-0.39, 0.29) is 0 Å². The van der Waals surface area contributed by atoms with Crippen LogP contribution in [0.25, 0.3) is 33.2 Å². The fourth-order valence-corrected chi connectivity index (χ4v) is 4.99. The van der Waals surface area contributed by atoms with Gasteiger partial charge in [0.25, 0.3) is 0 Å². The van der Waals surface area contributed by atoms with Crippen molar-refractivity contribution in [2.75, 3.05) is 18.8 Å². The molecule has 1 aromatic heterocycles. The largest absolute Gasteiger partial charge is 0.263 e. The lowest BCUT2D eigenvalue weighted by Gasteiger charge is -2.26. The molecule has 1 nitrogen and oxygen atoms in total. The highest BCUT2D eigenvalue weighted by Crippen LogP contribution is 2.46. The number of pyridine rings is 1. The lowest BCUT2D eigenvalue weighted by molar-refractivity contribution is 1.37. The van der Waals surface area contributed by atoms with E-state index in [4.69, 9.17) is 4.98 Å². The van der Waals surface area contributed by atoms with Gasteiger partial charge >= 0.3 is 0 Å². The maximum atomic E-state index is 4.91. The second-order valence-electron chi connectivity index (χ2n) is 8.68. The van der Waals surface area contributed by atoms with Crippen LogP contribution in [0.2, 0.25) is 0 Å². The van der Waals surface area contributed by atoms with E-state index in [9.17, 15) is 0 Å². The topological polar surface area (TPSA) is 12.9 Å². The maximum absolute atomic E-state index is 4.91. The quantitative estimate of drug-likeness (QED) is 0.416. The molecule has 0 unspecified atom stereocenters. The molecule has 0 aliphatic heterocycles. The second-order valence-corrected chi connectivity index (χ2v) is 12.8. The van der Waals surface area contributed by atoms with E-state index >= 15 is 0 Å². The first kappa shape index (κ1) is 19.8. The molecule has 3 heteroatoms. The predicted octanol–water partition coefficient (Wildman–Crippen LogP) is 5.50. The minimum Gasteiger partial charge on any atom is -0.263 e. The summed E-state index contributed by atoms with van der Waals surface area (Å²) in [5, 5.41) is 2.51. The van der Waals surface area contributed by atoms with E-state index in [1.165, 1.54) is 43.5 Å². The standard InChI is InChI=1S/C26H28BNS/c1-17-7-6-8-18(2)25(17)19-9-11-20(12-10-19)26-23-14-13-22(29(3,4)5)15-21(23)16-24(27)28-26/h6-16H,27H2,1-5H3. The zero-order chi connectivity index (χ0) is 20.8. The number of aromatic nitrogens is 1. The van der Waals surface area contributed by atoms with Gasteiger partial charge in [-0.25, -0.2) is 10.0 Å². The fourth-order valence-electron chi connectivity index (χ4n) is 4.04. The Morgan fingerprint density at radius 3 is 2.00 bits per heavy atom. The van der Waals surface area contributed by atoms with Crippen LogP contribution in [0, 0.1) is 13.8 Å². The second kappa shape index (κ2) is 7.38. The number of hydrogen-bond donors (Lipinski definition) is 0. The van der Waals surface area contributed by atoms with Crippen molar-refractivity contribution >= 4 is 34.2 Å². The highest BCUT2D eigenvalue weighted by Gasteiger charge is 2.13. The van der Waals surface area contributed by atoms with Crippen molar-refractivity contribution in [3.05, 3.63) is 77.9 Å². The minimum atomic E-state index is -0.749. The smallest absolute Gasteiger partial charge is 0.163 e. The molecule has 29 heavy (non-hydrogen) atoms. The van der Waals surface area contributed by atoms with Crippen LogP contribution in [0.5, 0.6) is 0 Å². The average molecular weight is 397 g/mol. The van der Waals surface area contributed by atoms with Gasteiger partial charge in [0.05, 0.1) is 5.69 Å². The van der Waals surface area contributed by atoms with Gasteiger partial charge in [0.15, 0.2) is 7.85 Å². The van der Waals surface area contributed by atoms with Crippen LogP contribution in [-0.2, 0) is 0 Å². The Labute approximate surface area is 176 Å². The van der Waals surface area contributed by atoms with Crippen LogP contribution in [0.15, 0.2) is 71.6 Å². The molecular weight excluding hydrogens is 369 g/mol. The summed E-state index contributed by atoms with van der Waals surface area (Å²) in [6.07, 6.45) is 7.03. The van der Waals surface area contributed by atoms with Gasteiger partial charge in [-0.1, -0.05) is 48.5 Å². The summed E-state index contributed by atoms with van der Waals surface area (Å²) < 4.78 is 0. The number of hydrogen-bond acceptors (Lipinski definition) is 1. The first-order valence-electron chi connectivity index (χ1n) is 10.0. The minimum absolute atomic E-state index is 0.749. The van der Waals surface area contributed by atoms with Crippen molar-refractivity contribution in [2.45, 2.75) is 18.7 Å². The average Bonchev–Trinajstić information content (AvgIpc) is 2.66. The lowest BCUT2D eigenvalue weighted by Crippen LogP contribution is -2.09. The van der Waals surface area contributed by atoms with Gasteiger partial charge in [0.2, 0.25) is 0 Å². The van der Waals surface area contributed by atoms with Crippen LogP contribution in [0.3, 0.4) is 0 Å². The van der Waals surface area contributed by atoms with E-state index in [1.54, 1.807) is 0 Å². The summed E-state index contributed by atoms with van der Waals surface area (Å²) in [5.41, 5.74) is 8.53. The van der Waals surface area contributed by atoms with Crippen LogP contribution in [0.1, 0.15) is 11.1 Å². The Balaban J connectivity index is 1.83. The summed E-state index contributed by atoms with van der Waals surface area (Å²) in [4.78, 5) is 6.34. The Bertz CT molecular complexity index is 1180. The van der Waals surface area contributed by atoms with Gasteiger partial charge in [-0.3, -0.25) is 4.98 Å². The van der Waals surface area contributed by atoms with E-state index in [2.05, 4.69) is 107 Å². The first-order valence-corrected chi connectivity index (χ1v) is 12.9. The third kappa shape index (κ3) is 3.84. The number of benzene rings is 3. The van der Waals surface area contributed by atoms with Crippen molar-refractivity contribution < 1.29 is 0 Å². The summed E-state index contributed by atoms with van der Waals surface area (Å²) >= 11 is 0. The molecule has 0 N–H and O–H groups in total. The first-order chi connectivity index (χ1) is 13.7. The Kier molecular flexibility index (Phi) is 5.04. The predicted molar refractivity (Wildman–Crippen MR) is 134 cm³/mol. The molecule has 0 fully saturated rings. The number of aryl methyl sites for hydroxylation is 2. The summed E-state index contributed by atoms with van der Waals surface area (Å²) in [6.45, 7) is 4.36. The molecular formula is C26H28BNS. The van der Waals surface area contributed by atoms with Gasteiger partial charge in [0.1, 0.15) is 0 Å². The molecule has 4 rings (SSSR count). The third-order valence-corrected chi connectivity index (χ3v) is 7.23. The zero-order valence-electron chi connectivity index (χ0n) is 18.2. The normalized spacial score (nSPS) is 12.3. The molecule has 0 aliphatic carbocycles. The van der Waals surface area contributed by atoms with Gasteiger partial charge in [-0.05, 0) is 88.9 Å². The highest BCUT2D eigenvalue weighted by atomic mass is 32.3. The maximum Gasteiger partial charge on any atom is 0.163 e. The molecule has 0 saturated carbocycles. The summed E-state index contributed by atoms with van der Waals surface area (Å²) in [6, 6.07) is 24.5. The lowest BCUT2D eigenvalue weighted by atomic mass is 9.93. The van der Waals surface area contributed by atoms with Crippen LogP contribution in [-0.4, -0.2) is 31.6 Å². The monoisotopic (exact) mass is 397 g/mol. The molecule has 146 valence electrons. The number of rotatable bonds is 3. The molecule has 0 amide bonds. The fraction of sp³-hybridized carbons (Fsp3) is 0.192. The SMILES string of the molecule is Bc1cc2cc(S(C)(C)C)ccc2c(-c2ccc(-c3c(C)cccc3C)cc2)n1. The number of nitrogens with zero attached hydrogens (tertiary/aromatic N) is 1. The van der Waals surface area contributed by atoms with Gasteiger partial charge in [0, 0.05) is 10.9 Å². The third-order valence-electron chi connectivity index (χ3n) is 5.57. The van der Waals surface area contributed by atoms with Gasteiger partial charge < -0.3 is 0 Å². The van der Waals surface area contributed by atoms with Crippen LogP contribution < -0.4 is 5.59 Å². The summed E-state index contributed by atoms with van der Waals surface area (Å²) in [5.74, 6) is 0. The highest BCUT2D eigenvalue weighted by molar-refractivity contribution is 8.32. The zero-order valence-corrected chi connectivity index (χ0v) is 19.0. The van der Waals surface area contributed by atoms with E-state index in [1.807, 2.05) is 0 Å². The Morgan fingerprint density at radius 1 is 0.759 bits per heavy atom. The van der Waals surface area contributed by atoms with Crippen molar-refractivity contribution in [3.63, 3.8) is 0 Å². The van der Waals surface area contributed by atoms with Crippen molar-refractivity contribution in [1.82, 2.24) is 4.98 Å². The molecule has 0 atom stereocenters. The molecule has 1 heterocycles. The Hall–Kier alpha value is -2.52. The Morgan fingerprint density at radius 2 is 1.38 bits per heavy atom. The van der Waals surface area contributed by atoms with Crippen LogP contribution in [0.4, 0.5) is 0 Å². The molecule has 4 aromatic rings. The van der Waals surface area contributed by atoms with E-state index in [0.29, 0.717) is 0 Å². The summed E-state index contributed by atoms with van der Waals surface area (Å²) in [7, 11) is 1.34. The molecule has 3 aromatic carbocycles. The van der Waals surface area contributed by atoms with E-state index in [0.717, 1.165) is 11.3 Å². The van der Waals surface area contributed by atoms with E-state index < -0.39 is 10.0 Å². The molecule has 0 bridgehead atoms. The molecule has 0 saturated heterocycles. The van der Waals surface area contributed by atoms with Crippen molar-refractivity contribution in [1.29, 1.82) is 0 Å².